The van der Waals surface area contributed by atoms with Crippen molar-refractivity contribution < 1.29 is 9.90 Å². The van der Waals surface area contributed by atoms with Crippen LogP contribution in [-0.2, 0) is 4.79 Å². The summed E-state index contributed by atoms with van der Waals surface area (Å²) in [6, 6.07) is 0. The Morgan fingerprint density at radius 3 is 2.69 bits per heavy atom. The Labute approximate surface area is 91.8 Å². The van der Waals surface area contributed by atoms with Gasteiger partial charge in [0.15, 0.2) is 0 Å². The van der Waals surface area contributed by atoms with E-state index in [1.54, 1.807) is 0 Å². The zero-order valence-corrected chi connectivity index (χ0v) is 9.66. The fourth-order valence-electron chi connectivity index (χ4n) is 1.35. The van der Waals surface area contributed by atoms with Crippen LogP contribution in [0.5, 0.6) is 0 Å². The lowest BCUT2D eigenvalue weighted by atomic mass is 10.2. The van der Waals surface area contributed by atoms with Crippen LogP contribution in [0.2, 0.25) is 0 Å². The fraction of sp³-hybridized carbons (Fsp3) is 0.875. The van der Waals surface area contributed by atoms with Crippen LogP contribution >= 0.6 is 22.6 Å². The fourth-order valence-corrected chi connectivity index (χ4v) is 1.63. The van der Waals surface area contributed by atoms with Crippen molar-refractivity contribution in [2.24, 2.45) is 0 Å². The number of piperazine rings is 1. The Kier molecular flexibility index (Phi) is 4.97. The predicted molar refractivity (Wildman–Crippen MR) is 59.4 cm³/mol. The molecule has 0 aromatic rings. The minimum absolute atomic E-state index is 0.243. The summed E-state index contributed by atoms with van der Waals surface area (Å²) in [5.74, 6) is -0.698. The molecule has 76 valence electrons. The Bertz CT molecular complexity index is 172. The molecule has 1 atom stereocenters. The molecule has 0 spiro atoms. The molecule has 0 aromatic carbocycles. The van der Waals surface area contributed by atoms with E-state index in [0.717, 1.165) is 39.1 Å². The first-order valence-corrected chi connectivity index (χ1v) is 5.74. The van der Waals surface area contributed by atoms with Gasteiger partial charge in [-0.3, -0.25) is 4.79 Å². The molecule has 0 amide bonds. The maximum Gasteiger partial charge on any atom is 0.316 e. The molecule has 1 heterocycles. The highest BCUT2D eigenvalue weighted by atomic mass is 127. The first-order valence-electron chi connectivity index (χ1n) is 4.50. The van der Waals surface area contributed by atoms with E-state index >= 15 is 0 Å². The van der Waals surface area contributed by atoms with Gasteiger partial charge in [0.2, 0.25) is 0 Å². The molecular weight excluding hydrogens is 283 g/mol. The Balaban J connectivity index is 2.13. The van der Waals surface area contributed by atoms with Crippen LogP contribution in [0, 0.1) is 0 Å². The lowest BCUT2D eigenvalue weighted by molar-refractivity contribution is -0.136. The molecule has 0 bridgehead atoms. The van der Waals surface area contributed by atoms with Crippen LogP contribution in [0.3, 0.4) is 0 Å². The molecule has 2 N–H and O–H groups in total. The van der Waals surface area contributed by atoms with E-state index in [4.69, 9.17) is 5.11 Å². The predicted octanol–water partition coefficient (Wildman–Crippen LogP) is 0.170. The molecule has 13 heavy (non-hydrogen) atoms. The highest BCUT2D eigenvalue weighted by Crippen LogP contribution is 2.07. The molecule has 1 rings (SSSR count). The van der Waals surface area contributed by atoms with Crippen LogP contribution in [-0.4, -0.2) is 52.6 Å². The zero-order chi connectivity index (χ0) is 9.68. The first kappa shape index (κ1) is 11.2. The number of nitrogens with zero attached hydrogens (tertiary/aromatic N) is 1. The Morgan fingerprint density at radius 1 is 1.54 bits per heavy atom. The van der Waals surface area contributed by atoms with Gasteiger partial charge >= 0.3 is 5.97 Å². The molecule has 0 saturated carbocycles. The minimum Gasteiger partial charge on any atom is -0.480 e. The van der Waals surface area contributed by atoms with E-state index in [0.29, 0.717) is 0 Å². The maximum atomic E-state index is 10.5. The highest BCUT2D eigenvalue weighted by molar-refractivity contribution is 14.1. The molecular formula is C8H15IN2O2. The molecule has 4 nitrogen and oxygen atoms in total. The lowest BCUT2D eigenvalue weighted by Gasteiger charge is -2.27. The molecule has 1 saturated heterocycles. The number of hydrogen-bond acceptors (Lipinski definition) is 3. The van der Waals surface area contributed by atoms with Crippen molar-refractivity contribution in [3.8, 4) is 0 Å². The number of hydrogen-bond donors (Lipinski definition) is 2. The first-order chi connectivity index (χ1) is 6.20. The molecule has 0 aromatic heterocycles. The second kappa shape index (κ2) is 5.77. The Morgan fingerprint density at radius 2 is 2.15 bits per heavy atom. The summed E-state index contributed by atoms with van der Waals surface area (Å²) >= 11 is 1.99. The number of halogens is 1. The molecule has 5 heteroatoms. The second-order valence-corrected chi connectivity index (χ2v) is 4.69. The van der Waals surface area contributed by atoms with Gasteiger partial charge in [0.1, 0.15) is 3.92 Å². The molecule has 1 fully saturated rings. The Hall–Kier alpha value is 0.120. The van der Waals surface area contributed by atoms with Crippen molar-refractivity contribution >= 4 is 28.6 Å². The SMILES string of the molecule is O=C(O)C(I)CCN1CCNCC1. The van der Waals surface area contributed by atoms with E-state index in [-0.39, 0.29) is 3.92 Å². The number of carbonyl (C=O) groups is 1. The van der Waals surface area contributed by atoms with Gasteiger partial charge in [0, 0.05) is 26.2 Å². The van der Waals surface area contributed by atoms with Gasteiger partial charge in [-0.2, -0.15) is 0 Å². The van der Waals surface area contributed by atoms with Gasteiger partial charge < -0.3 is 15.3 Å². The number of aliphatic carboxylic acids is 1. The van der Waals surface area contributed by atoms with Crippen molar-refractivity contribution in [2.75, 3.05) is 32.7 Å². The summed E-state index contributed by atoms with van der Waals surface area (Å²) < 4.78 is -0.243. The van der Waals surface area contributed by atoms with Crippen molar-refractivity contribution in [1.29, 1.82) is 0 Å². The third-order valence-corrected chi connectivity index (χ3v) is 3.33. The number of carboxylic acid groups (broad SMARTS) is 1. The smallest absolute Gasteiger partial charge is 0.316 e. The summed E-state index contributed by atoms with van der Waals surface area (Å²) in [7, 11) is 0. The highest BCUT2D eigenvalue weighted by Gasteiger charge is 2.15. The minimum atomic E-state index is -0.698. The quantitative estimate of drug-likeness (QED) is 0.574. The van der Waals surface area contributed by atoms with Gasteiger partial charge in [-0.1, -0.05) is 22.6 Å². The van der Waals surface area contributed by atoms with Gasteiger partial charge in [-0.25, -0.2) is 0 Å². The third kappa shape index (κ3) is 4.24. The molecule has 1 unspecified atom stereocenters. The van der Waals surface area contributed by atoms with Crippen LogP contribution in [0.25, 0.3) is 0 Å². The van der Waals surface area contributed by atoms with Crippen LogP contribution in [0.15, 0.2) is 0 Å². The zero-order valence-electron chi connectivity index (χ0n) is 7.50. The van der Waals surface area contributed by atoms with E-state index in [1.165, 1.54) is 0 Å². The summed E-state index contributed by atoms with van der Waals surface area (Å²) in [4.78, 5) is 12.8. The van der Waals surface area contributed by atoms with E-state index in [1.807, 2.05) is 22.6 Å². The third-order valence-electron chi connectivity index (χ3n) is 2.18. The molecule has 0 radical (unpaired) electrons. The summed E-state index contributed by atoms with van der Waals surface area (Å²) in [6.45, 7) is 5.05. The van der Waals surface area contributed by atoms with Crippen molar-refractivity contribution in [3.05, 3.63) is 0 Å². The monoisotopic (exact) mass is 298 g/mol. The maximum absolute atomic E-state index is 10.5. The van der Waals surface area contributed by atoms with Crippen molar-refractivity contribution in [3.63, 3.8) is 0 Å². The van der Waals surface area contributed by atoms with Crippen LogP contribution in [0.1, 0.15) is 6.42 Å². The standard InChI is InChI=1S/C8H15IN2O2/c9-7(8(12)13)1-4-11-5-2-10-3-6-11/h7,10H,1-6H2,(H,12,13). The lowest BCUT2D eigenvalue weighted by Crippen LogP contribution is -2.44. The van der Waals surface area contributed by atoms with Crippen molar-refractivity contribution in [2.45, 2.75) is 10.3 Å². The van der Waals surface area contributed by atoms with Gasteiger partial charge in [0.05, 0.1) is 0 Å². The summed E-state index contributed by atoms with van der Waals surface area (Å²) in [5.41, 5.74) is 0. The summed E-state index contributed by atoms with van der Waals surface area (Å²) in [6.07, 6.45) is 0.746. The molecule has 1 aliphatic rings. The van der Waals surface area contributed by atoms with Crippen molar-refractivity contribution in [1.82, 2.24) is 10.2 Å². The van der Waals surface area contributed by atoms with E-state index in [9.17, 15) is 4.79 Å². The van der Waals surface area contributed by atoms with Gasteiger partial charge in [-0.15, -0.1) is 0 Å². The summed E-state index contributed by atoms with van der Waals surface area (Å²) in [5, 5.41) is 11.9. The van der Waals surface area contributed by atoms with Crippen LogP contribution < -0.4 is 5.32 Å². The topological polar surface area (TPSA) is 52.6 Å². The number of carboxylic acids is 1. The van der Waals surface area contributed by atoms with E-state index < -0.39 is 5.97 Å². The average Bonchev–Trinajstić information content (AvgIpc) is 2.15. The largest absolute Gasteiger partial charge is 0.480 e. The number of nitrogens with one attached hydrogen (secondary N) is 1. The average molecular weight is 298 g/mol. The molecule has 1 aliphatic heterocycles. The van der Waals surface area contributed by atoms with E-state index in [2.05, 4.69) is 10.2 Å². The number of alkyl halides is 1. The number of rotatable bonds is 4. The van der Waals surface area contributed by atoms with Crippen LogP contribution in [0.4, 0.5) is 0 Å². The normalized spacial score (nSPS) is 21.3. The van der Waals surface area contributed by atoms with Gasteiger partial charge in [-0.05, 0) is 13.0 Å². The second-order valence-electron chi connectivity index (χ2n) is 3.19. The van der Waals surface area contributed by atoms with Gasteiger partial charge in [0.25, 0.3) is 0 Å². The molecule has 0 aliphatic carbocycles.